The highest BCUT2D eigenvalue weighted by atomic mass is 19.1. The van der Waals surface area contributed by atoms with Crippen LogP contribution in [0.15, 0.2) is 36.4 Å². The number of para-hydroxylation sites is 1. The van der Waals surface area contributed by atoms with Crippen molar-refractivity contribution in [2.45, 2.75) is 6.54 Å². The normalized spacial score (nSPS) is 14.2. The number of carbonyl (C=O) groups is 1. The summed E-state index contributed by atoms with van der Waals surface area (Å²) in [5.74, 6) is -2.29. The summed E-state index contributed by atoms with van der Waals surface area (Å²) < 4.78 is 41.5. The molecule has 1 N–H and O–H groups in total. The molecule has 0 aliphatic carbocycles. The van der Waals surface area contributed by atoms with Crippen LogP contribution in [0.1, 0.15) is 5.56 Å². The number of β-amino-alcohol motifs (C(OH)–C–C–N with tert-alkyl or cyclic N) is 1. The van der Waals surface area contributed by atoms with Crippen molar-refractivity contribution in [3.05, 3.63) is 59.4 Å². The van der Waals surface area contributed by atoms with Gasteiger partial charge in [-0.15, -0.1) is 0 Å². The average Bonchev–Trinajstić information content (AvgIpc) is 2.51. The smallest absolute Gasteiger partial charge is 0.329 e. The Morgan fingerprint density at radius 2 is 1.78 bits per heavy atom. The van der Waals surface area contributed by atoms with Gasteiger partial charge in [-0.3, -0.25) is 9.80 Å². The van der Waals surface area contributed by atoms with Gasteiger partial charge in [0.15, 0.2) is 0 Å². The van der Waals surface area contributed by atoms with E-state index in [0.717, 1.165) is 17.0 Å². The van der Waals surface area contributed by atoms with Gasteiger partial charge in [0.25, 0.3) is 0 Å². The molecule has 2 aromatic carbocycles. The molecule has 0 bridgehead atoms. The Labute approximate surface area is 130 Å². The van der Waals surface area contributed by atoms with Gasteiger partial charge in [0.05, 0.1) is 25.4 Å². The van der Waals surface area contributed by atoms with E-state index in [1.54, 1.807) is 0 Å². The Hall–Kier alpha value is -2.54. The van der Waals surface area contributed by atoms with E-state index in [1.807, 2.05) is 0 Å². The number of rotatable bonds is 3. The Bertz CT molecular complexity index is 747. The summed E-state index contributed by atoms with van der Waals surface area (Å²) >= 11 is 0. The first-order valence-corrected chi connectivity index (χ1v) is 6.95. The lowest BCUT2D eigenvalue weighted by atomic mass is 10.1. The van der Waals surface area contributed by atoms with E-state index in [2.05, 4.69) is 0 Å². The molecule has 0 aromatic heterocycles. The summed E-state index contributed by atoms with van der Waals surface area (Å²) in [6.45, 7) is -0.564. The van der Waals surface area contributed by atoms with E-state index >= 15 is 0 Å². The number of amides is 2. The number of fused-ring (bicyclic) bond motifs is 1. The molecular formula is C16H13F3N2O2. The van der Waals surface area contributed by atoms with Crippen molar-refractivity contribution >= 4 is 17.4 Å². The first kappa shape index (κ1) is 15.4. The van der Waals surface area contributed by atoms with Crippen LogP contribution in [0.2, 0.25) is 0 Å². The SMILES string of the molecule is O=C1N(CCO)c2ccc(F)cc2CN1c1c(F)cccc1F. The summed E-state index contributed by atoms with van der Waals surface area (Å²) in [6, 6.07) is 6.41. The maximum absolute atomic E-state index is 14.0. The first-order chi connectivity index (χ1) is 11.0. The predicted molar refractivity (Wildman–Crippen MR) is 78.8 cm³/mol. The molecule has 7 heteroatoms. The number of anilines is 2. The summed E-state index contributed by atoms with van der Waals surface area (Å²) in [7, 11) is 0. The van der Waals surface area contributed by atoms with Crippen LogP contribution in [0.5, 0.6) is 0 Å². The molecule has 1 aliphatic heterocycles. The molecule has 0 saturated carbocycles. The number of hydrogen-bond acceptors (Lipinski definition) is 2. The summed E-state index contributed by atoms with van der Waals surface area (Å²) in [6.07, 6.45) is 0. The van der Waals surface area contributed by atoms with E-state index in [1.165, 1.54) is 29.2 Å². The lowest BCUT2D eigenvalue weighted by Gasteiger charge is -2.37. The van der Waals surface area contributed by atoms with Gasteiger partial charge in [-0.2, -0.15) is 0 Å². The number of urea groups is 1. The van der Waals surface area contributed by atoms with Crippen LogP contribution in [0.4, 0.5) is 29.3 Å². The lowest BCUT2D eigenvalue weighted by Crippen LogP contribution is -2.49. The molecular weight excluding hydrogens is 309 g/mol. The van der Waals surface area contributed by atoms with Crippen LogP contribution in [0.3, 0.4) is 0 Å². The van der Waals surface area contributed by atoms with Gasteiger partial charge in [-0.1, -0.05) is 6.07 Å². The second kappa shape index (κ2) is 5.92. The van der Waals surface area contributed by atoms with Crippen LogP contribution in [-0.2, 0) is 6.54 Å². The highest BCUT2D eigenvalue weighted by Gasteiger charge is 2.33. The molecule has 0 saturated heterocycles. The van der Waals surface area contributed by atoms with Crippen molar-refractivity contribution in [3.63, 3.8) is 0 Å². The standard InChI is InChI=1S/C16H13F3N2O2/c17-11-4-5-14-10(8-11)9-21(16(23)20(14)6-7-22)15-12(18)2-1-3-13(15)19/h1-5,8,22H,6-7,9H2. The molecule has 2 amide bonds. The van der Waals surface area contributed by atoms with E-state index < -0.39 is 29.2 Å². The molecule has 120 valence electrons. The second-order valence-electron chi connectivity index (χ2n) is 5.09. The van der Waals surface area contributed by atoms with E-state index in [9.17, 15) is 18.0 Å². The fourth-order valence-electron chi connectivity index (χ4n) is 2.67. The number of carbonyl (C=O) groups excluding carboxylic acids is 1. The summed E-state index contributed by atoms with van der Waals surface area (Å²) in [5.41, 5.74) is 0.328. The van der Waals surface area contributed by atoms with Gasteiger partial charge in [0.1, 0.15) is 23.1 Å². The van der Waals surface area contributed by atoms with Gasteiger partial charge in [0, 0.05) is 0 Å². The quantitative estimate of drug-likeness (QED) is 0.944. The van der Waals surface area contributed by atoms with Crippen molar-refractivity contribution in [3.8, 4) is 0 Å². The third-order valence-electron chi connectivity index (χ3n) is 3.65. The minimum atomic E-state index is -0.887. The molecule has 0 radical (unpaired) electrons. The van der Waals surface area contributed by atoms with E-state index in [-0.39, 0.29) is 19.7 Å². The molecule has 0 fully saturated rings. The summed E-state index contributed by atoms with van der Waals surface area (Å²) in [5, 5.41) is 9.15. The maximum Gasteiger partial charge on any atom is 0.329 e. The van der Waals surface area contributed by atoms with Gasteiger partial charge in [0.2, 0.25) is 0 Å². The van der Waals surface area contributed by atoms with Gasteiger partial charge >= 0.3 is 6.03 Å². The van der Waals surface area contributed by atoms with Crippen molar-refractivity contribution in [2.24, 2.45) is 0 Å². The van der Waals surface area contributed by atoms with Crippen molar-refractivity contribution in [1.29, 1.82) is 0 Å². The van der Waals surface area contributed by atoms with Gasteiger partial charge in [-0.05, 0) is 35.9 Å². The number of aliphatic hydroxyl groups excluding tert-OH is 1. The molecule has 23 heavy (non-hydrogen) atoms. The minimum Gasteiger partial charge on any atom is -0.395 e. The zero-order valence-corrected chi connectivity index (χ0v) is 12.0. The Kier molecular flexibility index (Phi) is 3.96. The Morgan fingerprint density at radius 3 is 2.43 bits per heavy atom. The second-order valence-corrected chi connectivity index (χ2v) is 5.09. The molecule has 1 heterocycles. The molecule has 3 rings (SSSR count). The van der Waals surface area contributed by atoms with Crippen LogP contribution in [0.25, 0.3) is 0 Å². The first-order valence-electron chi connectivity index (χ1n) is 6.95. The number of hydrogen-bond donors (Lipinski definition) is 1. The number of nitrogens with zero attached hydrogens (tertiary/aromatic N) is 2. The minimum absolute atomic E-state index is 0.0654. The zero-order chi connectivity index (χ0) is 16.6. The fraction of sp³-hybridized carbons (Fsp3) is 0.188. The van der Waals surface area contributed by atoms with Crippen LogP contribution >= 0.6 is 0 Å². The monoisotopic (exact) mass is 322 g/mol. The average molecular weight is 322 g/mol. The van der Waals surface area contributed by atoms with Gasteiger partial charge < -0.3 is 5.11 Å². The molecule has 0 atom stereocenters. The molecule has 0 spiro atoms. The van der Waals surface area contributed by atoms with Gasteiger partial charge in [-0.25, -0.2) is 18.0 Å². The zero-order valence-electron chi connectivity index (χ0n) is 12.0. The topological polar surface area (TPSA) is 43.8 Å². The molecule has 0 unspecified atom stereocenters. The third kappa shape index (κ3) is 2.63. The van der Waals surface area contributed by atoms with Crippen molar-refractivity contribution in [1.82, 2.24) is 0 Å². The predicted octanol–water partition coefficient (Wildman–Crippen LogP) is 3.04. The van der Waals surface area contributed by atoms with E-state index in [0.29, 0.717) is 11.3 Å². The highest BCUT2D eigenvalue weighted by molar-refractivity contribution is 6.06. The number of aliphatic hydroxyl groups is 1. The Balaban J connectivity index is 2.12. The van der Waals surface area contributed by atoms with Crippen LogP contribution < -0.4 is 9.80 Å². The maximum atomic E-state index is 14.0. The van der Waals surface area contributed by atoms with Crippen molar-refractivity contribution < 1.29 is 23.1 Å². The van der Waals surface area contributed by atoms with Crippen LogP contribution in [-0.4, -0.2) is 24.3 Å². The molecule has 2 aromatic rings. The summed E-state index contributed by atoms with van der Waals surface area (Å²) in [4.78, 5) is 14.7. The molecule has 1 aliphatic rings. The third-order valence-corrected chi connectivity index (χ3v) is 3.65. The lowest BCUT2D eigenvalue weighted by molar-refractivity contribution is 0.244. The van der Waals surface area contributed by atoms with E-state index in [4.69, 9.17) is 5.11 Å². The molecule has 4 nitrogen and oxygen atoms in total. The highest BCUT2D eigenvalue weighted by Crippen LogP contribution is 2.34. The number of halogens is 3. The fourth-order valence-corrected chi connectivity index (χ4v) is 2.67. The largest absolute Gasteiger partial charge is 0.395 e. The van der Waals surface area contributed by atoms with Crippen molar-refractivity contribution in [2.75, 3.05) is 23.0 Å². The number of benzene rings is 2. The van der Waals surface area contributed by atoms with Crippen LogP contribution in [0, 0.1) is 17.5 Å². The Morgan fingerprint density at radius 1 is 1.09 bits per heavy atom.